The van der Waals surface area contributed by atoms with Crippen LogP contribution in [0.15, 0.2) is 41.1 Å². The SMILES string of the molecule is O=CC(c1ccsc1)c1ccccc1O. The molecule has 0 fully saturated rings. The predicted octanol–water partition coefficient (Wildman–Crippen LogP) is 2.78. The van der Waals surface area contributed by atoms with Crippen LogP contribution in [-0.4, -0.2) is 11.4 Å². The summed E-state index contributed by atoms with van der Waals surface area (Å²) in [5, 5.41) is 13.5. The highest BCUT2D eigenvalue weighted by Gasteiger charge is 2.16. The summed E-state index contributed by atoms with van der Waals surface area (Å²) in [7, 11) is 0. The van der Waals surface area contributed by atoms with Gasteiger partial charge < -0.3 is 9.90 Å². The van der Waals surface area contributed by atoms with Gasteiger partial charge in [0.2, 0.25) is 0 Å². The molecule has 0 spiro atoms. The third-order valence-corrected chi connectivity index (χ3v) is 3.01. The van der Waals surface area contributed by atoms with Crippen LogP contribution in [0.25, 0.3) is 0 Å². The van der Waals surface area contributed by atoms with Crippen LogP contribution < -0.4 is 0 Å². The molecule has 1 N–H and O–H groups in total. The number of hydrogen-bond acceptors (Lipinski definition) is 3. The Balaban J connectivity index is 2.44. The van der Waals surface area contributed by atoms with Crippen molar-refractivity contribution in [2.75, 3.05) is 0 Å². The summed E-state index contributed by atoms with van der Waals surface area (Å²) in [6.45, 7) is 0. The first-order valence-electron chi connectivity index (χ1n) is 4.58. The van der Waals surface area contributed by atoms with Crippen molar-refractivity contribution in [1.82, 2.24) is 0 Å². The molecule has 1 aromatic carbocycles. The molecule has 2 aromatic rings. The van der Waals surface area contributed by atoms with Crippen LogP contribution in [0.1, 0.15) is 17.0 Å². The maximum atomic E-state index is 11.0. The molecular weight excluding hydrogens is 208 g/mol. The van der Waals surface area contributed by atoms with E-state index in [1.807, 2.05) is 22.9 Å². The minimum atomic E-state index is -0.363. The minimum Gasteiger partial charge on any atom is -0.508 e. The number of rotatable bonds is 3. The molecule has 76 valence electrons. The summed E-state index contributed by atoms with van der Waals surface area (Å²) in [4.78, 5) is 11.0. The van der Waals surface area contributed by atoms with Crippen molar-refractivity contribution in [2.24, 2.45) is 0 Å². The highest BCUT2D eigenvalue weighted by Crippen LogP contribution is 2.30. The maximum absolute atomic E-state index is 11.0. The average molecular weight is 218 g/mol. The minimum absolute atomic E-state index is 0.167. The average Bonchev–Trinajstić information content (AvgIpc) is 2.75. The molecule has 0 aliphatic rings. The molecule has 15 heavy (non-hydrogen) atoms. The molecule has 0 saturated heterocycles. The lowest BCUT2D eigenvalue weighted by molar-refractivity contribution is -0.108. The molecule has 0 bridgehead atoms. The summed E-state index contributed by atoms with van der Waals surface area (Å²) in [5.74, 6) is -0.196. The number of aromatic hydroxyl groups is 1. The van der Waals surface area contributed by atoms with Gasteiger partial charge in [-0.2, -0.15) is 11.3 Å². The second-order valence-electron chi connectivity index (χ2n) is 3.23. The first-order valence-corrected chi connectivity index (χ1v) is 5.52. The molecular formula is C12H10O2S. The largest absolute Gasteiger partial charge is 0.508 e. The molecule has 0 radical (unpaired) electrons. The Bertz CT molecular complexity index is 448. The van der Waals surface area contributed by atoms with Crippen molar-refractivity contribution in [2.45, 2.75) is 5.92 Å². The standard InChI is InChI=1S/C12H10O2S/c13-7-11(9-5-6-15-8-9)10-3-1-2-4-12(10)14/h1-8,11,14H. The molecule has 0 saturated carbocycles. The number of phenols is 1. The Labute approximate surface area is 91.8 Å². The Morgan fingerprint density at radius 1 is 1.27 bits per heavy atom. The zero-order valence-corrected chi connectivity index (χ0v) is 8.78. The van der Waals surface area contributed by atoms with Crippen molar-refractivity contribution < 1.29 is 9.90 Å². The van der Waals surface area contributed by atoms with E-state index >= 15 is 0 Å². The van der Waals surface area contributed by atoms with E-state index in [9.17, 15) is 9.90 Å². The first-order chi connectivity index (χ1) is 7.33. The van der Waals surface area contributed by atoms with Gasteiger partial charge in [0, 0.05) is 5.56 Å². The lowest BCUT2D eigenvalue weighted by Crippen LogP contribution is -2.01. The van der Waals surface area contributed by atoms with Gasteiger partial charge in [-0.1, -0.05) is 18.2 Å². The van der Waals surface area contributed by atoms with Gasteiger partial charge in [-0.25, -0.2) is 0 Å². The van der Waals surface area contributed by atoms with Crippen molar-refractivity contribution in [3.05, 3.63) is 52.2 Å². The van der Waals surface area contributed by atoms with E-state index < -0.39 is 0 Å². The van der Waals surface area contributed by atoms with Crippen molar-refractivity contribution in [3.63, 3.8) is 0 Å². The molecule has 0 aliphatic heterocycles. The molecule has 1 heterocycles. The number of benzene rings is 1. The number of carbonyl (C=O) groups excluding carboxylic acids is 1. The highest BCUT2D eigenvalue weighted by molar-refractivity contribution is 7.08. The Morgan fingerprint density at radius 2 is 2.07 bits per heavy atom. The molecule has 1 aromatic heterocycles. The van der Waals surface area contributed by atoms with E-state index in [4.69, 9.17) is 0 Å². The van der Waals surface area contributed by atoms with Crippen molar-refractivity contribution in [3.8, 4) is 5.75 Å². The smallest absolute Gasteiger partial charge is 0.132 e. The van der Waals surface area contributed by atoms with Gasteiger partial charge in [0.1, 0.15) is 12.0 Å². The number of thiophene rings is 1. The fourth-order valence-electron chi connectivity index (χ4n) is 1.53. The number of phenolic OH excluding ortho intramolecular Hbond substituents is 1. The van der Waals surface area contributed by atoms with Crippen molar-refractivity contribution >= 4 is 17.6 Å². The molecule has 1 atom stereocenters. The van der Waals surface area contributed by atoms with Crippen LogP contribution in [0.3, 0.4) is 0 Å². The molecule has 0 aliphatic carbocycles. The summed E-state index contributed by atoms with van der Waals surface area (Å²) in [6.07, 6.45) is 0.858. The third kappa shape index (κ3) is 1.92. The quantitative estimate of drug-likeness (QED) is 0.804. The number of hydrogen-bond donors (Lipinski definition) is 1. The Kier molecular flexibility index (Phi) is 2.83. The van der Waals surface area contributed by atoms with Crippen LogP contribution in [0.4, 0.5) is 0 Å². The fraction of sp³-hybridized carbons (Fsp3) is 0.0833. The summed E-state index contributed by atoms with van der Waals surface area (Å²) >= 11 is 1.54. The van der Waals surface area contributed by atoms with Crippen LogP contribution in [0.5, 0.6) is 5.75 Å². The topological polar surface area (TPSA) is 37.3 Å². The zero-order chi connectivity index (χ0) is 10.7. The number of carbonyl (C=O) groups is 1. The molecule has 2 nitrogen and oxygen atoms in total. The van der Waals surface area contributed by atoms with E-state index in [0.29, 0.717) is 5.56 Å². The van der Waals surface area contributed by atoms with E-state index in [1.54, 1.807) is 29.5 Å². The van der Waals surface area contributed by atoms with E-state index in [0.717, 1.165) is 11.8 Å². The second-order valence-corrected chi connectivity index (χ2v) is 4.01. The molecule has 1 unspecified atom stereocenters. The molecule has 0 amide bonds. The first kappa shape index (κ1) is 9.93. The van der Waals surface area contributed by atoms with Gasteiger partial charge in [0.15, 0.2) is 0 Å². The fourth-order valence-corrected chi connectivity index (χ4v) is 2.23. The van der Waals surface area contributed by atoms with Crippen LogP contribution in [0.2, 0.25) is 0 Å². The predicted molar refractivity (Wildman–Crippen MR) is 60.3 cm³/mol. The normalized spacial score (nSPS) is 12.3. The Morgan fingerprint density at radius 3 is 2.67 bits per heavy atom. The zero-order valence-electron chi connectivity index (χ0n) is 7.96. The van der Waals surface area contributed by atoms with Gasteiger partial charge >= 0.3 is 0 Å². The summed E-state index contributed by atoms with van der Waals surface area (Å²) < 4.78 is 0. The summed E-state index contributed by atoms with van der Waals surface area (Å²) in [6, 6.07) is 8.83. The Hall–Kier alpha value is -1.61. The van der Waals surface area contributed by atoms with Crippen molar-refractivity contribution in [1.29, 1.82) is 0 Å². The van der Waals surface area contributed by atoms with Gasteiger partial charge in [0.05, 0.1) is 5.92 Å². The third-order valence-electron chi connectivity index (χ3n) is 2.31. The monoisotopic (exact) mass is 218 g/mol. The lowest BCUT2D eigenvalue weighted by Gasteiger charge is -2.10. The van der Waals surface area contributed by atoms with E-state index in [-0.39, 0.29) is 11.7 Å². The number of aldehydes is 1. The molecule has 3 heteroatoms. The maximum Gasteiger partial charge on any atom is 0.132 e. The van der Waals surface area contributed by atoms with Crippen LogP contribution >= 0.6 is 11.3 Å². The van der Waals surface area contributed by atoms with Crippen LogP contribution in [-0.2, 0) is 4.79 Å². The summed E-state index contributed by atoms with van der Waals surface area (Å²) in [5.41, 5.74) is 1.59. The van der Waals surface area contributed by atoms with E-state index in [1.165, 1.54) is 0 Å². The van der Waals surface area contributed by atoms with Gasteiger partial charge in [-0.15, -0.1) is 0 Å². The lowest BCUT2D eigenvalue weighted by atomic mass is 9.94. The number of para-hydroxylation sites is 1. The van der Waals surface area contributed by atoms with Crippen LogP contribution in [0, 0.1) is 0 Å². The second kappa shape index (κ2) is 4.28. The van der Waals surface area contributed by atoms with Gasteiger partial charge in [-0.05, 0) is 28.5 Å². The van der Waals surface area contributed by atoms with E-state index in [2.05, 4.69) is 0 Å². The van der Waals surface area contributed by atoms with Gasteiger partial charge in [-0.3, -0.25) is 0 Å². The highest BCUT2D eigenvalue weighted by atomic mass is 32.1. The molecule has 2 rings (SSSR count). The van der Waals surface area contributed by atoms with Gasteiger partial charge in [0.25, 0.3) is 0 Å².